The lowest BCUT2D eigenvalue weighted by Crippen LogP contribution is -3.07. The maximum Gasteiger partial charge on any atom is 0.242 e. The summed E-state index contributed by atoms with van der Waals surface area (Å²) in [5.74, 6) is 0. The van der Waals surface area contributed by atoms with Crippen LogP contribution in [0.3, 0.4) is 0 Å². The molecule has 0 saturated heterocycles. The zero-order chi connectivity index (χ0) is 14.7. The maximum absolute atomic E-state index is 12.1. The lowest BCUT2D eigenvalue weighted by Gasteiger charge is -2.25. The number of nitrogens with zero attached hydrogens (tertiary/aromatic N) is 1. The van der Waals surface area contributed by atoms with Crippen LogP contribution in [-0.4, -0.2) is 40.6 Å². The van der Waals surface area contributed by atoms with Gasteiger partial charge in [0.1, 0.15) is 10.0 Å². The zero-order valence-corrected chi connectivity index (χ0v) is 13.3. The standard InChI is InChI=1S/C12H20ClN3O2S/c1-12(2,9-16(3)4)8-15-19(17,18)10-5-6-11(13)14-7-10/h5-7,15H,8-9H2,1-4H3/p+1. The molecule has 0 saturated carbocycles. The van der Waals surface area contributed by atoms with Crippen LogP contribution in [0.25, 0.3) is 0 Å². The van der Waals surface area contributed by atoms with Crippen molar-refractivity contribution in [3.05, 3.63) is 23.5 Å². The minimum atomic E-state index is -3.53. The van der Waals surface area contributed by atoms with Crippen molar-refractivity contribution in [1.82, 2.24) is 9.71 Å². The summed E-state index contributed by atoms with van der Waals surface area (Å²) < 4.78 is 26.8. The molecule has 108 valence electrons. The van der Waals surface area contributed by atoms with Gasteiger partial charge in [0.25, 0.3) is 0 Å². The lowest BCUT2D eigenvalue weighted by molar-refractivity contribution is -0.865. The monoisotopic (exact) mass is 306 g/mol. The smallest absolute Gasteiger partial charge is 0.242 e. The highest BCUT2D eigenvalue weighted by atomic mass is 35.5. The number of aromatic nitrogens is 1. The Morgan fingerprint density at radius 1 is 1.37 bits per heavy atom. The molecule has 1 rings (SSSR count). The molecular formula is C12H21ClN3O2S+. The van der Waals surface area contributed by atoms with E-state index in [-0.39, 0.29) is 15.5 Å². The van der Waals surface area contributed by atoms with Crippen molar-refractivity contribution < 1.29 is 13.3 Å². The summed E-state index contributed by atoms with van der Waals surface area (Å²) in [5, 5.41) is 0.274. The molecule has 2 N–H and O–H groups in total. The highest BCUT2D eigenvalue weighted by molar-refractivity contribution is 7.89. The van der Waals surface area contributed by atoms with E-state index in [1.165, 1.54) is 23.2 Å². The minimum absolute atomic E-state index is 0.119. The van der Waals surface area contributed by atoms with E-state index in [1.54, 1.807) is 0 Å². The molecule has 0 fully saturated rings. The fourth-order valence-corrected chi connectivity index (χ4v) is 3.21. The van der Waals surface area contributed by atoms with Crippen molar-refractivity contribution in [2.45, 2.75) is 18.7 Å². The zero-order valence-electron chi connectivity index (χ0n) is 11.7. The summed E-state index contributed by atoms with van der Waals surface area (Å²) in [7, 11) is 0.556. The second kappa shape index (κ2) is 6.17. The van der Waals surface area contributed by atoms with E-state index in [2.05, 4.69) is 9.71 Å². The van der Waals surface area contributed by atoms with E-state index in [1.807, 2.05) is 27.9 Å². The fourth-order valence-electron chi connectivity index (χ4n) is 1.91. The third-order valence-electron chi connectivity index (χ3n) is 2.58. The summed E-state index contributed by atoms with van der Waals surface area (Å²) in [6.07, 6.45) is 1.26. The SMILES string of the molecule is C[NH+](C)CC(C)(C)CNS(=O)(=O)c1ccc(Cl)nc1. The average Bonchev–Trinajstić information content (AvgIpc) is 2.26. The Kier molecular flexibility index (Phi) is 5.32. The van der Waals surface area contributed by atoms with E-state index < -0.39 is 10.0 Å². The summed E-state index contributed by atoms with van der Waals surface area (Å²) >= 11 is 5.64. The van der Waals surface area contributed by atoms with Crippen molar-refractivity contribution in [3.8, 4) is 0 Å². The first-order valence-corrected chi connectivity index (χ1v) is 7.89. The number of hydrogen-bond acceptors (Lipinski definition) is 3. The summed E-state index contributed by atoms with van der Waals surface area (Å²) in [4.78, 5) is 5.19. The minimum Gasteiger partial charge on any atom is -0.339 e. The first kappa shape index (κ1) is 16.4. The highest BCUT2D eigenvalue weighted by Crippen LogP contribution is 2.14. The largest absolute Gasteiger partial charge is 0.339 e. The van der Waals surface area contributed by atoms with E-state index in [9.17, 15) is 8.42 Å². The van der Waals surface area contributed by atoms with Crippen molar-refractivity contribution >= 4 is 21.6 Å². The van der Waals surface area contributed by atoms with E-state index >= 15 is 0 Å². The van der Waals surface area contributed by atoms with Crippen LogP contribution in [0.1, 0.15) is 13.8 Å². The molecule has 1 aromatic rings. The average molecular weight is 307 g/mol. The number of quaternary nitrogens is 1. The fraction of sp³-hybridized carbons (Fsp3) is 0.583. The molecule has 1 heterocycles. The molecule has 5 nitrogen and oxygen atoms in total. The number of nitrogens with one attached hydrogen (secondary N) is 2. The number of rotatable bonds is 6. The second-order valence-electron chi connectivity index (χ2n) is 5.69. The van der Waals surface area contributed by atoms with E-state index in [0.717, 1.165) is 6.54 Å². The Hall–Kier alpha value is -0.690. The Bertz CT molecular complexity index is 512. The van der Waals surface area contributed by atoms with Gasteiger partial charge in [-0.25, -0.2) is 18.1 Å². The molecule has 7 heteroatoms. The van der Waals surface area contributed by atoms with Crippen LogP contribution in [0, 0.1) is 5.41 Å². The Morgan fingerprint density at radius 2 is 2.00 bits per heavy atom. The number of halogens is 1. The molecule has 0 aliphatic heterocycles. The van der Waals surface area contributed by atoms with Gasteiger partial charge >= 0.3 is 0 Å². The van der Waals surface area contributed by atoms with Gasteiger partial charge in [-0.1, -0.05) is 25.4 Å². The Morgan fingerprint density at radius 3 is 2.47 bits per heavy atom. The number of hydrogen-bond donors (Lipinski definition) is 2. The third-order valence-corrected chi connectivity index (χ3v) is 4.19. The molecule has 0 spiro atoms. The summed E-state index contributed by atoms with van der Waals surface area (Å²) in [5.41, 5.74) is -0.119. The van der Waals surface area contributed by atoms with Crippen molar-refractivity contribution in [2.75, 3.05) is 27.2 Å². The van der Waals surface area contributed by atoms with Gasteiger partial charge in [-0.2, -0.15) is 0 Å². The van der Waals surface area contributed by atoms with Crippen LogP contribution in [0.5, 0.6) is 0 Å². The maximum atomic E-state index is 12.1. The van der Waals surface area contributed by atoms with Gasteiger partial charge in [0.05, 0.1) is 20.6 Å². The molecular weight excluding hydrogens is 286 g/mol. The quantitative estimate of drug-likeness (QED) is 0.737. The van der Waals surface area contributed by atoms with Gasteiger partial charge < -0.3 is 4.90 Å². The van der Waals surface area contributed by atoms with Gasteiger partial charge in [0.15, 0.2) is 0 Å². The van der Waals surface area contributed by atoms with Gasteiger partial charge in [-0.05, 0) is 12.1 Å². The molecule has 0 aliphatic rings. The van der Waals surface area contributed by atoms with Crippen LogP contribution in [0.15, 0.2) is 23.2 Å². The van der Waals surface area contributed by atoms with Crippen molar-refractivity contribution in [2.24, 2.45) is 5.41 Å². The predicted molar refractivity (Wildman–Crippen MR) is 75.9 cm³/mol. The Labute approximate surface area is 120 Å². The van der Waals surface area contributed by atoms with Crippen LogP contribution in [0.4, 0.5) is 0 Å². The van der Waals surface area contributed by atoms with Crippen molar-refractivity contribution in [1.29, 1.82) is 0 Å². The molecule has 19 heavy (non-hydrogen) atoms. The van der Waals surface area contributed by atoms with E-state index in [0.29, 0.717) is 6.54 Å². The number of sulfonamides is 1. The number of pyridine rings is 1. The van der Waals surface area contributed by atoms with Crippen LogP contribution < -0.4 is 9.62 Å². The van der Waals surface area contributed by atoms with Gasteiger partial charge in [-0.3, -0.25) is 0 Å². The molecule has 0 aliphatic carbocycles. The lowest BCUT2D eigenvalue weighted by atomic mass is 9.93. The molecule has 0 radical (unpaired) electrons. The van der Waals surface area contributed by atoms with Crippen LogP contribution >= 0.6 is 11.6 Å². The first-order valence-electron chi connectivity index (χ1n) is 6.03. The van der Waals surface area contributed by atoms with Crippen LogP contribution in [-0.2, 0) is 10.0 Å². The summed E-state index contributed by atoms with van der Waals surface area (Å²) in [6.45, 7) is 5.31. The van der Waals surface area contributed by atoms with Crippen molar-refractivity contribution in [3.63, 3.8) is 0 Å². The van der Waals surface area contributed by atoms with Gasteiger partial charge in [0.2, 0.25) is 10.0 Å². The molecule has 0 amide bonds. The molecule has 1 aromatic heterocycles. The van der Waals surface area contributed by atoms with Crippen LogP contribution in [0.2, 0.25) is 5.15 Å². The molecule has 0 aromatic carbocycles. The van der Waals surface area contributed by atoms with Gasteiger partial charge in [-0.15, -0.1) is 0 Å². The normalized spacial score (nSPS) is 12.9. The molecule has 0 bridgehead atoms. The second-order valence-corrected chi connectivity index (χ2v) is 7.84. The van der Waals surface area contributed by atoms with Gasteiger partial charge in [0, 0.05) is 18.2 Å². The predicted octanol–water partition coefficient (Wildman–Crippen LogP) is 0.184. The Balaban J connectivity index is 2.73. The van der Waals surface area contributed by atoms with E-state index in [4.69, 9.17) is 11.6 Å². The molecule has 0 unspecified atom stereocenters. The third kappa shape index (κ3) is 5.44. The highest BCUT2D eigenvalue weighted by Gasteiger charge is 2.25. The topological polar surface area (TPSA) is 63.5 Å². The molecule has 0 atom stereocenters. The summed E-state index contributed by atoms with van der Waals surface area (Å²) in [6, 6.07) is 2.91. The first-order chi connectivity index (χ1) is 8.62.